The van der Waals surface area contributed by atoms with Crippen molar-refractivity contribution < 1.29 is 9.53 Å². The Morgan fingerprint density at radius 2 is 2.13 bits per heavy atom. The summed E-state index contributed by atoms with van der Waals surface area (Å²) in [6.07, 6.45) is 3.90. The standard InChI is InChI=1S/C12H15NO2/c1-15-12(14)9-11(13)8-7-10-5-3-2-4-6-10/h2-8,11H,9,13H2,1H3/b8-7+. The number of carbonyl (C=O) groups excluding carboxylic acids is 1. The highest BCUT2D eigenvalue weighted by Crippen LogP contribution is 2.02. The molecule has 1 aromatic carbocycles. The SMILES string of the molecule is COC(=O)CC(N)/C=C/c1ccccc1. The number of hydrogen-bond acceptors (Lipinski definition) is 3. The van der Waals surface area contributed by atoms with Crippen LogP contribution in [0.1, 0.15) is 12.0 Å². The van der Waals surface area contributed by atoms with Gasteiger partial charge in [-0.05, 0) is 5.56 Å². The molecule has 1 atom stereocenters. The van der Waals surface area contributed by atoms with Crippen molar-refractivity contribution in [2.45, 2.75) is 12.5 Å². The Bertz CT molecular complexity index is 333. The molecule has 15 heavy (non-hydrogen) atoms. The van der Waals surface area contributed by atoms with Crippen molar-refractivity contribution in [1.29, 1.82) is 0 Å². The first-order chi connectivity index (χ1) is 7.22. The molecule has 0 saturated heterocycles. The van der Waals surface area contributed by atoms with Gasteiger partial charge in [0.2, 0.25) is 0 Å². The molecule has 0 fully saturated rings. The third-order valence-corrected chi connectivity index (χ3v) is 1.97. The lowest BCUT2D eigenvalue weighted by Crippen LogP contribution is -2.21. The van der Waals surface area contributed by atoms with E-state index < -0.39 is 0 Å². The fourth-order valence-electron chi connectivity index (χ4n) is 1.14. The van der Waals surface area contributed by atoms with Crippen LogP contribution in [-0.2, 0) is 9.53 Å². The van der Waals surface area contributed by atoms with E-state index in [1.807, 2.05) is 36.4 Å². The van der Waals surface area contributed by atoms with Crippen molar-refractivity contribution in [3.8, 4) is 0 Å². The molecule has 3 heteroatoms. The van der Waals surface area contributed by atoms with Crippen molar-refractivity contribution in [3.63, 3.8) is 0 Å². The highest BCUT2D eigenvalue weighted by atomic mass is 16.5. The van der Waals surface area contributed by atoms with E-state index in [2.05, 4.69) is 4.74 Å². The number of methoxy groups -OCH3 is 1. The van der Waals surface area contributed by atoms with Gasteiger partial charge in [0.15, 0.2) is 0 Å². The molecule has 3 nitrogen and oxygen atoms in total. The summed E-state index contributed by atoms with van der Waals surface area (Å²) in [7, 11) is 1.36. The van der Waals surface area contributed by atoms with E-state index in [1.54, 1.807) is 6.08 Å². The Balaban J connectivity index is 2.47. The van der Waals surface area contributed by atoms with Crippen molar-refractivity contribution in [1.82, 2.24) is 0 Å². The zero-order valence-electron chi connectivity index (χ0n) is 8.72. The number of nitrogens with two attached hydrogens (primary N) is 1. The lowest BCUT2D eigenvalue weighted by Gasteiger charge is -2.03. The number of carbonyl (C=O) groups is 1. The smallest absolute Gasteiger partial charge is 0.307 e. The van der Waals surface area contributed by atoms with Crippen LogP contribution in [0.3, 0.4) is 0 Å². The predicted molar refractivity (Wildman–Crippen MR) is 60.1 cm³/mol. The summed E-state index contributed by atoms with van der Waals surface area (Å²) in [5.74, 6) is -0.291. The van der Waals surface area contributed by atoms with E-state index in [0.717, 1.165) is 5.56 Å². The lowest BCUT2D eigenvalue weighted by atomic mass is 10.1. The van der Waals surface area contributed by atoms with Crippen LogP contribution in [-0.4, -0.2) is 19.1 Å². The highest BCUT2D eigenvalue weighted by molar-refractivity contribution is 5.70. The van der Waals surface area contributed by atoms with Crippen LogP contribution in [0, 0.1) is 0 Å². The highest BCUT2D eigenvalue weighted by Gasteiger charge is 2.05. The number of ether oxygens (including phenoxy) is 1. The van der Waals surface area contributed by atoms with E-state index >= 15 is 0 Å². The number of hydrogen-bond donors (Lipinski definition) is 1. The van der Waals surface area contributed by atoms with Crippen LogP contribution in [0.15, 0.2) is 36.4 Å². The van der Waals surface area contributed by atoms with E-state index in [0.29, 0.717) is 0 Å². The molecular weight excluding hydrogens is 190 g/mol. The van der Waals surface area contributed by atoms with Gasteiger partial charge in [0, 0.05) is 6.04 Å². The summed E-state index contributed by atoms with van der Waals surface area (Å²) in [4.78, 5) is 10.9. The minimum Gasteiger partial charge on any atom is -0.469 e. The van der Waals surface area contributed by atoms with Crippen molar-refractivity contribution in [3.05, 3.63) is 42.0 Å². The van der Waals surface area contributed by atoms with Crippen LogP contribution in [0.4, 0.5) is 0 Å². The molecule has 0 amide bonds. The van der Waals surface area contributed by atoms with Crippen molar-refractivity contribution in [2.24, 2.45) is 5.73 Å². The second-order valence-corrected chi connectivity index (χ2v) is 3.21. The molecule has 80 valence electrons. The summed E-state index contributed by atoms with van der Waals surface area (Å²) < 4.78 is 4.52. The van der Waals surface area contributed by atoms with Crippen LogP contribution >= 0.6 is 0 Å². The zero-order valence-corrected chi connectivity index (χ0v) is 8.72. The van der Waals surface area contributed by atoms with Gasteiger partial charge in [0.1, 0.15) is 0 Å². The molecule has 0 saturated carbocycles. The fourth-order valence-corrected chi connectivity index (χ4v) is 1.14. The first kappa shape index (κ1) is 11.5. The Hall–Kier alpha value is -1.61. The third kappa shape index (κ3) is 4.42. The zero-order chi connectivity index (χ0) is 11.1. The first-order valence-electron chi connectivity index (χ1n) is 4.78. The van der Waals surface area contributed by atoms with Gasteiger partial charge in [-0.25, -0.2) is 0 Å². The van der Waals surface area contributed by atoms with Crippen molar-refractivity contribution in [2.75, 3.05) is 7.11 Å². The molecule has 1 rings (SSSR count). The molecule has 0 spiro atoms. The van der Waals surface area contributed by atoms with Gasteiger partial charge in [0.25, 0.3) is 0 Å². The van der Waals surface area contributed by atoms with Crippen LogP contribution < -0.4 is 5.73 Å². The number of rotatable bonds is 4. The maximum Gasteiger partial charge on any atom is 0.307 e. The molecule has 1 unspecified atom stereocenters. The molecule has 1 aromatic rings. The van der Waals surface area contributed by atoms with Crippen LogP contribution in [0.25, 0.3) is 6.08 Å². The minimum absolute atomic E-state index is 0.208. The Morgan fingerprint density at radius 1 is 1.47 bits per heavy atom. The summed E-state index contributed by atoms with van der Waals surface area (Å²) in [6, 6.07) is 9.50. The minimum atomic E-state index is -0.294. The molecule has 0 bridgehead atoms. The van der Waals surface area contributed by atoms with Crippen LogP contribution in [0.5, 0.6) is 0 Å². The average molecular weight is 205 g/mol. The third-order valence-electron chi connectivity index (χ3n) is 1.97. The normalized spacial score (nSPS) is 12.7. The summed E-state index contributed by atoms with van der Waals surface area (Å²) >= 11 is 0. The molecule has 0 aliphatic heterocycles. The molecular formula is C12H15NO2. The topological polar surface area (TPSA) is 52.3 Å². The Kier molecular flexibility index (Phi) is 4.57. The van der Waals surface area contributed by atoms with Gasteiger partial charge < -0.3 is 10.5 Å². The van der Waals surface area contributed by atoms with Gasteiger partial charge in [-0.2, -0.15) is 0 Å². The monoisotopic (exact) mass is 205 g/mol. The molecule has 0 aromatic heterocycles. The van der Waals surface area contributed by atoms with Gasteiger partial charge >= 0.3 is 5.97 Å². The maximum atomic E-state index is 10.9. The van der Waals surface area contributed by atoms with E-state index in [1.165, 1.54) is 7.11 Å². The second kappa shape index (κ2) is 5.98. The van der Waals surface area contributed by atoms with E-state index in [-0.39, 0.29) is 18.4 Å². The first-order valence-corrected chi connectivity index (χ1v) is 4.78. The second-order valence-electron chi connectivity index (χ2n) is 3.21. The van der Waals surface area contributed by atoms with E-state index in [9.17, 15) is 4.79 Å². The lowest BCUT2D eigenvalue weighted by molar-refractivity contribution is -0.140. The molecule has 2 N–H and O–H groups in total. The quantitative estimate of drug-likeness (QED) is 0.759. The number of benzene rings is 1. The molecule has 0 radical (unpaired) electrons. The van der Waals surface area contributed by atoms with Crippen LogP contribution in [0.2, 0.25) is 0 Å². The maximum absolute atomic E-state index is 10.9. The Morgan fingerprint density at radius 3 is 2.73 bits per heavy atom. The average Bonchev–Trinajstić information content (AvgIpc) is 2.27. The summed E-state index contributed by atoms with van der Waals surface area (Å²) in [5.41, 5.74) is 6.78. The van der Waals surface area contributed by atoms with Gasteiger partial charge in [0.05, 0.1) is 13.5 Å². The number of esters is 1. The largest absolute Gasteiger partial charge is 0.469 e. The molecule has 0 aliphatic carbocycles. The van der Waals surface area contributed by atoms with Gasteiger partial charge in [-0.15, -0.1) is 0 Å². The van der Waals surface area contributed by atoms with Crippen molar-refractivity contribution >= 4 is 12.0 Å². The molecule has 0 heterocycles. The summed E-state index contributed by atoms with van der Waals surface area (Å²) in [6.45, 7) is 0. The van der Waals surface area contributed by atoms with Gasteiger partial charge in [-0.3, -0.25) is 4.79 Å². The van der Waals surface area contributed by atoms with E-state index in [4.69, 9.17) is 5.73 Å². The fraction of sp³-hybridized carbons (Fsp3) is 0.250. The van der Waals surface area contributed by atoms with Gasteiger partial charge in [-0.1, -0.05) is 42.5 Å². The predicted octanol–water partition coefficient (Wildman–Crippen LogP) is 1.59. The molecule has 0 aliphatic rings. The Labute approximate surface area is 89.5 Å². The summed E-state index contributed by atoms with van der Waals surface area (Å²) in [5, 5.41) is 0.